The van der Waals surface area contributed by atoms with Gasteiger partial charge in [0.15, 0.2) is 0 Å². The highest BCUT2D eigenvalue weighted by atomic mass is 19.4. The number of nitrogens with two attached hydrogens (primary N) is 1. The number of hydrogen-bond acceptors (Lipinski definition) is 3. The number of alkyl carbamates (subject to hydrolysis) is 1. The predicted molar refractivity (Wildman–Crippen MR) is 55.1 cm³/mol. The number of alkyl halides is 3. The summed E-state index contributed by atoms with van der Waals surface area (Å²) in [7, 11) is 1.13. The quantitative estimate of drug-likeness (QED) is 0.788. The molecule has 0 saturated carbocycles. The Hall–Kier alpha value is -1.92. The van der Waals surface area contributed by atoms with Crippen LogP contribution in [0.4, 0.5) is 23.7 Å². The Morgan fingerprint density at radius 1 is 1.47 bits per heavy atom. The lowest BCUT2D eigenvalue weighted by Crippen LogP contribution is -2.24. The SMILES string of the molecule is COC(=O)NCc1ccc(N)cc1C(F)(F)F. The Bertz CT molecular complexity index is 419. The van der Waals surface area contributed by atoms with Crippen molar-refractivity contribution in [1.29, 1.82) is 0 Å². The van der Waals surface area contributed by atoms with E-state index in [9.17, 15) is 18.0 Å². The van der Waals surface area contributed by atoms with Gasteiger partial charge >= 0.3 is 12.3 Å². The summed E-state index contributed by atoms with van der Waals surface area (Å²) in [6, 6.07) is 3.38. The maximum absolute atomic E-state index is 12.6. The van der Waals surface area contributed by atoms with Crippen molar-refractivity contribution in [3.63, 3.8) is 0 Å². The van der Waals surface area contributed by atoms with Crippen LogP contribution in [0.15, 0.2) is 18.2 Å². The minimum absolute atomic E-state index is 0.0131. The predicted octanol–water partition coefficient (Wildman–Crippen LogP) is 2.14. The molecule has 7 heteroatoms. The summed E-state index contributed by atoms with van der Waals surface area (Å²) in [6.07, 6.45) is -5.31. The van der Waals surface area contributed by atoms with E-state index in [1.807, 2.05) is 0 Å². The normalized spacial score (nSPS) is 11.1. The fourth-order valence-corrected chi connectivity index (χ4v) is 1.25. The van der Waals surface area contributed by atoms with E-state index in [0.717, 1.165) is 13.2 Å². The van der Waals surface area contributed by atoms with Gasteiger partial charge in [-0.1, -0.05) is 6.07 Å². The molecule has 3 N–H and O–H groups in total. The van der Waals surface area contributed by atoms with Crippen molar-refractivity contribution in [2.45, 2.75) is 12.7 Å². The molecule has 0 spiro atoms. The van der Waals surface area contributed by atoms with E-state index in [2.05, 4.69) is 10.1 Å². The molecule has 1 aromatic carbocycles. The van der Waals surface area contributed by atoms with Gasteiger partial charge in [-0.05, 0) is 17.7 Å². The van der Waals surface area contributed by atoms with Gasteiger partial charge in [0, 0.05) is 12.2 Å². The topological polar surface area (TPSA) is 64.3 Å². The summed E-state index contributed by atoms with van der Waals surface area (Å²) < 4.78 is 42.2. The maximum atomic E-state index is 12.6. The Morgan fingerprint density at radius 3 is 2.65 bits per heavy atom. The first-order valence-corrected chi connectivity index (χ1v) is 4.62. The average Bonchev–Trinajstić information content (AvgIpc) is 2.25. The standard InChI is InChI=1S/C10H11F3N2O2/c1-17-9(16)15-5-6-2-3-7(14)4-8(6)10(11,12)13/h2-4H,5,14H2,1H3,(H,15,16). The number of benzene rings is 1. The van der Waals surface area contributed by atoms with Crippen molar-refractivity contribution >= 4 is 11.8 Å². The molecular weight excluding hydrogens is 237 g/mol. The Labute approximate surface area is 95.6 Å². The number of rotatable bonds is 2. The number of halogens is 3. The third-order valence-electron chi connectivity index (χ3n) is 2.05. The molecule has 0 atom stereocenters. The Balaban J connectivity index is 2.95. The van der Waals surface area contributed by atoms with Crippen molar-refractivity contribution in [1.82, 2.24) is 5.32 Å². The number of carbonyl (C=O) groups excluding carboxylic acids is 1. The van der Waals surface area contributed by atoms with E-state index >= 15 is 0 Å². The molecule has 0 aliphatic rings. The zero-order valence-electron chi connectivity index (χ0n) is 8.97. The Morgan fingerprint density at radius 2 is 2.12 bits per heavy atom. The molecule has 0 fully saturated rings. The van der Waals surface area contributed by atoms with Crippen LogP contribution >= 0.6 is 0 Å². The van der Waals surface area contributed by atoms with Crippen LogP contribution in [0.5, 0.6) is 0 Å². The maximum Gasteiger partial charge on any atom is 0.416 e. The lowest BCUT2D eigenvalue weighted by atomic mass is 10.1. The summed E-state index contributed by atoms with van der Waals surface area (Å²) in [5.74, 6) is 0. The summed E-state index contributed by atoms with van der Waals surface area (Å²) in [5, 5.41) is 2.18. The lowest BCUT2D eigenvalue weighted by Gasteiger charge is -2.13. The molecular formula is C10H11F3N2O2. The molecule has 0 heterocycles. The molecule has 0 aliphatic heterocycles. The molecule has 0 bridgehead atoms. The summed E-state index contributed by atoms with van der Waals surface area (Å²) in [5.41, 5.74) is 4.37. The van der Waals surface area contributed by atoms with E-state index in [-0.39, 0.29) is 17.8 Å². The third kappa shape index (κ3) is 3.54. The Kier molecular flexibility index (Phi) is 3.82. The number of nitrogen functional groups attached to an aromatic ring is 1. The van der Waals surface area contributed by atoms with Gasteiger partial charge in [0.2, 0.25) is 0 Å². The van der Waals surface area contributed by atoms with E-state index in [1.165, 1.54) is 12.1 Å². The summed E-state index contributed by atoms with van der Waals surface area (Å²) in [6.45, 7) is -0.276. The minimum atomic E-state index is -4.51. The first kappa shape index (κ1) is 13.1. The molecule has 0 radical (unpaired) electrons. The average molecular weight is 248 g/mol. The van der Waals surface area contributed by atoms with Crippen molar-refractivity contribution in [2.75, 3.05) is 12.8 Å². The van der Waals surface area contributed by atoms with Gasteiger partial charge in [0.05, 0.1) is 12.7 Å². The van der Waals surface area contributed by atoms with Gasteiger partial charge in [0.25, 0.3) is 0 Å². The largest absolute Gasteiger partial charge is 0.453 e. The lowest BCUT2D eigenvalue weighted by molar-refractivity contribution is -0.138. The highest BCUT2D eigenvalue weighted by molar-refractivity contribution is 5.67. The number of carbonyl (C=O) groups is 1. The van der Waals surface area contributed by atoms with Gasteiger partial charge in [-0.2, -0.15) is 13.2 Å². The van der Waals surface area contributed by atoms with E-state index in [4.69, 9.17) is 5.73 Å². The third-order valence-corrected chi connectivity index (χ3v) is 2.05. The van der Waals surface area contributed by atoms with Crippen molar-refractivity contribution in [3.8, 4) is 0 Å². The second-order valence-electron chi connectivity index (χ2n) is 3.26. The summed E-state index contributed by atoms with van der Waals surface area (Å²) in [4.78, 5) is 10.8. The molecule has 0 aliphatic carbocycles. The molecule has 4 nitrogen and oxygen atoms in total. The number of amides is 1. The highest BCUT2D eigenvalue weighted by Crippen LogP contribution is 2.33. The molecule has 94 valence electrons. The number of ether oxygens (including phenoxy) is 1. The molecule has 1 rings (SSSR count). The van der Waals surface area contributed by atoms with Crippen LogP contribution in [0.2, 0.25) is 0 Å². The van der Waals surface area contributed by atoms with Crippen LogP contribution < -0.4 is 11.1 Å². The number of hydrogen-bond donors (Lipinski definition) is 2. The van der Waals surface area contributed by atoms with E-state index in [1.54, 1.807) is 0 Å². The van der Waals surface area contributed by atoms with Crippen LogP contribution in [0.1, 0.15) is 11.1 Å². The minimum Gasteiger partial charge on any atom is -0.453 e. The van der Waals surface area contributed by atoms with E-state index < -0.39 is 17.8 Å². The molecule has 0 saturated heterocycles. The smallest absolute Gasteiger partial charge is 0.416 e. The number of methoxy groups -OCH3 is 1. The fraction of sp³-hybridized carbons (Fsp3) is 0.300. The molecule has 1 amide bonds. The van der Waals surface area contributed by atoms with Crippen LogP contribution in [-0.2, 0) is 17.5 Å². The molecule has 0 aromatic heterocycles. The van der Waals surface area contributed by atoms with Crippen molar-refractivity contribution < 1.29 is 22.7 Å². The second-order valence-corrected chi connectivity index (χ2v) is 3.26. The van der Waals surface area contributed by atoms with Crippen LogP contribution in [0.25, 0.3) is 0 Å². The van der Waals surface area contributed by atoms with Crippen LogP contribution in [-0.4, -0.2) is 13.2 Å². The fourth-order valence-electron chi connectivity index (χ4n) is 1.25. The number of anilines is 1. The van der Waals surface area contributed by atoms with Gasteiger partial charge in [-0.3, -0.25) is 0 Å². The zero-order valence-corrected chi connectivity index (χ0v) is 8.97. The second kappa shape index (κ2) is 4.94. The highest BCUT2D eigenvalue weighted by Gasteiger charge is 2.33. The van der Waals surface area contributed by atoms with Gasteiger partial charge in [0.1, 0.15) is 0 Å². The van der Waals surface area contributed by atoms with Crippen molar-refractivity contribution in [2.24, 2.45) is 0 Å². The van der Waals surface area contributed by atoms with Gasteiger partial charge in [-0.25, -0.2) is 4.79 Å². The first-order chi connectivity index (χ1) is 7.84. The molecule has 17 heavy (non-hydrogen) atoms. The molecule has 0 unspecified atom stereocenters. The van der Waals surface area contributed by atoms with Crippen LogP contribution in [0.3, 0.4) is 0 Å². The summed E-state index contributed by atoms with van der Waals surface area (Å²) >= 11 is 0. The van der Waals surface area contributed by atoms with Gasteiger partial charge < -0.3 is 15.8 Å². The van der Waals surface area contributed by atoms with Crippen LogP contribution in [0, 0.1) is 0 Å². The number of nitrogens with one attached hydrogen (secondary N) is 1. The van der Waals surface area contributed by atoms with Gasteiger partial charge in [-0.15, -0.1) is 0 Å². The zero-order chi connectivity index (χ0) is 13.1. The van der Waals surface area contributed by atoms with E-state index in [0.29, 0.717) is 0 Å². The molecule has 1 aromatic rings. The monoisotopic (exact) mass is 248 g/mol. The van der Waals surface area contributed by atoms with Crippen molar-refractivity contribution in [3.05, 3.63) is 29.3 Å². The first-order valence-electron chi connectivity index (χ1n) is 4.62.